The van der Waals surface area contributed by atoms with Crippen molar-refractivity contribution in [3.8, 4) is 5.75 Å². The third-order valence-corrected chi connectivity index (χ3v) is 4.87. The van der Waals surface area contributed by atoms with Gasteiger partial charge in [-0.1, -0.05) is 48.5 Å². The van der Waals surface area contributed by atoms with Crippen molar-refractivity contribution in [2.24, 2.45) is 0 Å². The highest BCUT2D eigenvalue weighted by Crippen LogP contribution is 2.20. The van der Waals surface area contributed by atoms with Crippen molar-refractivity contribution in [3.63, 3.8) is 0 Å². The molecule has 2 heterocycles. The van der Waals surface area contributed by atoms with Crippen molar-refractivity contribution in [3.05, 3.63) is 72.1 Å². The van der Waals surface area contributed by atoms with Crippen molar-refractivity contribution in [1.29, 1.82) is 0 Å². The third kappa shape index (κ3) is 4.70. The summed E-state index contributed by atoms with van der Waals surface area (Å²) in [4.78, 5) is 2.30. The Kier molecular flexibility index (Phi) is 6.19. The summed E-state index contributed by atoms with van der Waals surface area (Å²) in [5.41, 5.74) is 1.15. The Labute approximate surface area is 165 Å². The highest BCUT2D eigenvalue weighted by molar-refractivity contribution is 5.32. The average Bonchev–Trinajstić information content (AvgIpc) is 3.40. The predicted octanol–water partition coefficient (Wildman–Crippen LogP) is 3.67. The van der Waals surface area contributed by atoms with Crippen molar-refractivity contribution in [2.75, 3.05) is 24.6 Å². The van der Waals surface area contributed by atoms with E-state index in [1.165, 1.54) is 12.8 Å². The summed E-state index contributed by atoms with van der Waals surface area (Å²) in [5.74, 6) is 2.64. The Hall–Kier alpha value is -2.86. The minimum absolute atomic E-state index is 0.432. The number of ether oxygens (including phenoxy) is 2. The van der Waals surface area contributed by atoms with Crippen molar-refractivity contribution >= 4 is 5.95 Å². The van der Waals surface area contributed by atoms with Crippen LogP contribution in [0, 0.1) is 0 Å². The highest BCUT2D eigenvalue weighted by atomic mass is 16.5. The SMILES string of the molecule is c1ccc(COCc2nnc(N3CCCC3)n2CCOc2ccccc2)cc1. The zero-order chi connectivity index (χ0) is 19.0. The van der Waals surface area contributed by atoms with Crippen LogP contribution >= 0.6 is 0 Å². The van der Waals surface area contributed by atoms with Gasteiger partial charge in [-0.2, -0.15) is 0 Å². The number of hydrogen-bond acceptors (Lipinski definition) is 5. The van der Waals surface area contributed by atoms with Gasteiger partial charge in [-0.3, -0.25) is 4.57 Å². The van der Waals surface area contributed by atoms with Crippen LogP contribution in [0.15, 0.2) is 60.7 Å². The lowest BCUT2D eigenvalue weighted by molar-refractivity contribution is 0.0985. The first-order valence-corrected chi connectivity index (χ1v) is 9.87. The Morgan fingerprint density at radius 2 is 1.54 bits per heavy atom. The largest absolute Gasteiger partial charge is 0.492 e. The Morgan fingerprint density at radius 1 is 0.821 bits per heavy atom. The highest BCUT2D eigenvalue weighted by Gasteiger charge is 2.21. The molecular formula is C22H26N4O2. The normalized spacial score (nSPS) is 13.8. The number of anilines is 1. The van der Waals surface area contributed by atoms with Crippen molar-refractivity contribution in [1.82, 2.24) is 14.8 Å². The minimum Gasteiger partial charge on any atom is -0.492 e. The molecule has 146 valence electrons. The summed E-state index contributed by atoms with van der Waals surface area (Å²) in [6.45, 7) is 4.31. The van der Waals surface area contributed by atoms with E-state index in [0.29, 0.717) is 26.4 Å². The number of aromatic nitrogens is 3. The Bertz CT molecular complexity index is 845. The monoisotopic (exact) mass is 378 g/mol. The van der Waals surface area contributed by atoms with E-state index in [1.807, 2.05) is 48.5 Å². The van der Waals surface area contributed by atoms with Crippen LogP contribution in [-0.2, 0) is 24.5 Å². The quantitative estimate of drug-likeness (QED) is 0.569. The molecule has 1 aliphatic heterocycles. The first-order valence-electron chi connectivity index (χ1n) is 9.87. The van der Waals surface area contributed by atoms with Crippen LogP contribution in [0.5, 0.6) is 5.75 Å². The molecule has 0 spiro atoms. The first kappa shape index (κ1) is 18.5. The molecule has 28 heavy (non-hydrogen) atoms. The zero-order valence-corrected chi connectivity index (χ0v) is 16.0. The molecule has 6 nitrogen and oxygen atoms in total. The summed E-state index contributed by atoms with van der Waals surface area (Å²) in [6.07, 6.45) is 2.40. The van der Waals surface area contributed by atoms with E-state index in [-0.39, 0.29) is 0 Å². The fourth-order valence-corrected chi connectivity index (χ4v) is 3.42. The lowest BCUT2D eigenvalue weighted by Gasteiger charge is -2.18. The number of para-hydroxylation sites is 1. The molecule has 0 unspecified atom stereocenters. The second kappa shape index (κ2) is 9.37. The van der Waals surface area contributed by atoms with Gasteiger partial charge >= 0.3 is 0 Å². The molecule has 0 bridgehead atoms. The molecule has 0 atom stereocenters. The number of nitrogens with zero attached hydrogens (tertiary/aromatic N) is 4. The molecule has 6 heteroatoms. The Morgan fingerprint density at radius 3 is 2.29 bits per heavy atom. The van der Waals surface area contributed by atoms with Gasteiger partial charge < -0.3 is 14.4 Å². The van der Waals surface area contributed by atoms with Gasteiger partial charge in [0.2, 0.25) is 5.95 Å². The van der Waals surface area contributed by atoms with Gasteiger partial charge in [0.15, 0.2) is 5.82 Å². The molecule has 1 aromatic heterocycles. The predicted molar refractivity (Wildman–Crippen MR) is 108 cm³/mol. The Balaban J connectivity index is 1.41. The second-order valence-electron chi connectivity index (χ2n) is 6.90. The van der Waals surface area contributed by atoms with Gasteiger partial charge in [-0.25, -0.2) is 0 Å². The van der Waals surface area contributed by atoms with Crippen LogP contribution in [0.3, 0.4) is 0 Å². The molecule has 0 N–H and O–H groups in total. The van der Waals surface area contributed by atoms with E-state index in [4.69, 9.17) is 9.47 Å². The smallest absolute Gasteiger partial charge is 0.227 e. The maximum atomic E-state index is 5.90. The van der Waals surface area contributed by atoms with E-state index in [1.54, 1.807) is 0 Å². The van der Waals surface area contributed by atoms with Crippen LogP contribution in [0.4, 0.5) is 5.95 Å². The van der Waals surface area contributed by atoms with Gasteiger partial charge in [-0.05, 0) is 30.5 Å². The molecule has 0 radical (unpaired) electrons. The maximum absolute atomic E-state index is 5.90. The number of rotatable bonds is 9. The summed E-state index contributed by atoms with van der Waals surface area (Å²) in [6, 6.07) is 20.1. The fourth-order valence-electron chi connectivity index (χ4n) is 3.42. The lowest BCUT2D eigenvalue weighted by Crippen LogP contribution is -2.24. The molecule has 0 amide bonds. The molecule has 4 rings (SSSR count). The fraction of sp³-hybridized carbons (Fsp3) is 0.364. The topological polar surface area (TPSA) is 52.4 Å². The van der Waals surface area contributed by atoms with Crippen LogP contribution in [0.2, 0.25) is 0 Å². The summed E-state index contributed by atoms with van der Waals surface area (Å²) < 4.78 is 13.9. The minimum atomic E-state index is 0.432. The summed E-state index contributed by atoms with van der Waals surface area (Å²) >= 11 is 0. The van der Waals surface area contributed by atoms with E-state index < -0.39 is 0 Å². The lowest BCUT2D eigenvalue weighted by atomic mass is 10.2. The standard InChI is InChI=1S/C22H26N4O2/c1-3-9-19(10-4-1)17-27-18-21-23-24-22(25-13-7-8-14-25)26(21)15-16-28-20-11-5-2-6-12-20/h1-6,9-12H,7-8,13-18H2. The van der Waals surface area contributed by atoms with Gasteiger partial charge in [0.05, 0.1) is 13.2 Å². The molecule has 1 saturated heterocycles. The van der Waals surface area contributed by atoms with Crippen molar-refractivity contribution in [2.45, 2.75) is 32.6 Å². The molecule has 1 fully saturated rings. The van der Waals surface area contributed by atoms with Crippen LogP contribution < -0.4 is 9.64 Å². The van der Waals surface area contributed by atoms with E-state index >= 15 is 0 Å². The number of benzene rings is 2. The third-order valence-electron chi connectivity index (χ3n) is 4.87. The molecule has 2 aromatic carbocycles. The van der Waals surface area contributed by atoms with Gasteiger partial charge in [0.1, 0.15) is 19.0 Å². The summed E-state index contributed by atoms with van der Waals surface area (Å²) in [7, 11) is 0. The van der Waals surface area contributed by atoms with E-state index in [9.17, 15) is 0 Å². The van der Waals surface area contributed by atoms with Crippen LogP contribution in [0.1, 0.15) is 24.2 Å². The average molecular weight is 378 g/mol. The molecular weight excluding hydrogens is 352 g/mol. The van der Waals surface area contributed by atoms with E-state index in [0.717, 1.165) is 36.2 Å². The van der Waals surface area contributed by atoms with Gasteiger partial charge in [-0.15, -0.1) is 10.2 Å². The summed E-state index contributed by atoms with van der Waals surface area (Å²) in [5, 5.41) is 8.86. The first-order chi connectivity index (χ1) is 13.9. The van der Waals surface area contributed by atoms with Crippen LogP contribution in [-0.4, -0.2) is 34.5 Å². The van der Waals surface area contributed by atoms with Gasteiger partial charge in [0, 0.05) is 13.1 Å². The second-order valence-corrected chi connectivity index (χ2v) is 6.90. The maximum Gasteiger partial charge on any atom is 0.227 e. The van der Waals surface area contributed by atoms with Crippen molar-refractivity contribution < 1.29 is 9.47 Å². The zero-order valence-electron chi connectivity index (χ0n) is 16.0. The number of hydrogen-bond donors (Lipinski definition) is 0. The van der Waals surface area contributed by atoms with E-state index in [2.05, 4.69) is 31.8 Å². The van der Waals surface area contributed by atoms with Gasteiger partial charge in [0.25, 0.3) is 0 Å². The van der Waals surface area contributed by atoms with Crippen LogP contribution in [0.25, 0.3) is 0 Å². The molecule has 3 aromatic rings. The molecule has 0 aliphatic carbocycles. The molecule has 0 saturated carbocycles. The molecule has 1 aliphatic rings.